The number of aromatic nitrogens is 1. The van der Waals surface area contributed by atoms with E-state index in [2.05, 4.69) is 17.0 Å². The van der Waals surface area contributed by atoms with Crippen molar-refractivity contribution < 1.29 is 23.9 Å². The van der Waals surface area contributed by atoms with E-state index in [0.29, 0.717) is 44.9 Å². The lowest BCUT2D eigenvalue weighted by molar-refractivity contribution is -0.136. The van der Waals surface area contributed by atoms with Gasteiger partial charge in [0.1, 0.15) is 0 Å². The number of nitrogens with zero attached hydrogens (tertiary/aromatic N) is 4. The number of amides is 2. The van der Waals surface area contributed by atoms with Crippen LogP contribution in [0.15, 0.2) is 54.6 Å². The maximum Gasteiger partial charge on any atom is 0.409 e. The van der Waals surface area contributed by atoms with Crippen LogP contribution in [0, 0.1) is 0 Å². The zero-order chi connectivity index (χ0) is 26.5. The van der Waals surface area contributed by atoms with Gasteiger partial charge >= 0.3 is 12.1 Å². The summed E-state index contributed by atoms with van der Waals surface area (Å²) in [5.41, 5.74) is 4.22. The van der Waals surface area contributed by atoms with Crippen LogP contribution in [-0.2, 0) is 33.8 Å². The smallest absolute Gasteiger partial charge is 0.409 e. The number of piperazine rings is 1. The highest BCUT2D eigenvalue weighted by Gasteiger charge is 2.29. The molecule has 2 aliphatic rings. The first-order valence-corrected chi connectivity index (χ1v) is 13.1. The quantitative estimate of drug-likeness (QED) is 0.465. The fourth-order valence-electron chi connectivity index (χ4n) is 5.10. The summed E-state index contributed by atoms with van der Waals surface area (Å²) >= 11 is 0. The molecule has 3 heterocycles. The largest absolute Gasteiger partial charge is 0.452 e. The van der Waals surface area contributed by atoms with E-state index in [0.717, 1.165) is 41.7 Å². The highest BCUT2D eigenvalue weighted by atomic mass is 16.6. The van der Waals surface area contributed by atoms with Gasteiger partial charge in [-0.1, -0.05) is 48.5 Å². The van der Waals surface area contributed by atoms with Gasteiger partial charge in [0.15, 0.2) is 6.61 Å². The summed E-state index contributed by atoms with van der Waals surface area (Å²) in [5.74, 6) is -0.792. The number of benzene rings is 2. The molecule has 3 aromatic rings. The highest BCUT2D eigenvalue weighted by Crippen LogP contribution is 2.29. The molecule has 0 atom stereocenters. The Kier molecular flexibility index (Phi) is 7.83. The van der Waals surface area contributed by atoms with E-state index < -0.39 is 5.97 Å². The first-order valence-electron chi connectivity index (χ1n) is 13.1. The van der Waals surface area contributed by atoms with Crippen LogP contribution in [0.25, 0.3) is 10.9 Å². The van der Waals surface area contributed by atoms with Gasteiger partial charge in [-0.3, -0.25) is 14.7 Å². The molecular formula is C29H32N4O5. The normalized spacial score (nSPS) is 15.7. The minimum Gasteiger partial charge on any atom is -0.452 e. The first kappa shape index (κ1) is 25.7. The molecule has 1 saturated heterocycles. The summed E-state index contributed by atoms with van der Waals surface area (Å²) in [4.78, 5) is 48.6. The number of esters is 1. The van der Waals surface area contributed by atoms with E-state index in [1.807, 2.05) is 42.5 Å². The Morgan fingerprint density at radius 3 is 2.34 bits per heavy atom. The number of hydrogen-bond acceptors (Lipinski definition) is 7. The van der Waals surface area contributed by atoms with Crippen LogP contribution in [0.1, 0.15) is 34.1 Å². The third-order valence-electron chi connectivity index (χ3n) is 7.06. The summed E-state index contributed by atoms with van der Waals surface area (Å²) in [5, 5.41) is 0.730. The lowest BCUT2D eigenvalue weighted by Crippen LogP contribution is -2.51. The number of fused-ring (bicyclic) bond motifs is 2. The maximum atomic E-state index is 13.5. The van der Waals surface area contributed by atoms with Crippen LogP contribution in [0.3, 0.4) is 0 Å². The molecule has 2 amide bonds. The zero-order valence-corrected chi connectivity index (χ0v) is 21.6. The van der Waals surface area contributed by atoms with E-state index >= 15 is 0 Å². The average Bonchev–Trinajstić information content (AvgIpc) is 2.95. The molecule has 9 nitrogen and oxygen atoms in total. The Morgan fingerprint density at radius 2 is 1.58 bits per heavy atom. The molecule has 9 heteroatoms. The zero-order valence-electron chi connectivity index (χ0n) is 21.6. The van der Waals surface area contributed by atoms with Gasteiger partial charge in [0.05, 0.1) is 17.7 Å². The van der Waals surface area contributed by atoms with Crippen molar-refractivity contribution in [3.8, 4) is 0 Å². The third-order valence-corrected chi connectivity index (χ3v) is 7.06. The second kappa shape index (κ2) is 11.6. The average molecular weight is 517 g/mol. The fourth-order valence-corrected chi connectivity index (χ4v) is 5.10. The van der Waals surface area contributed by atoms with Gasteiger partial charge < -0.3 is 19.3 Å². The summed E-state index contributed by atoms with van der Waals surface area (Å²) in [6.45, 7) is 5.44. The van der Waals surface area contributed by atoms with E-state index in [1.165, 1.54) is 5.56 Å². The second-order valence-corrected chi connectivity index (χ2v) is 9.52. The number of pyridine rings is 1. The van der Waals surface area contributed by atoms with Crippen molar-refractivity contribution in [1.82, 2.24) is 19.7 Å². The predicted molar refractivity (Wildman–Crippen MR) is 141 cm³/mol. The topological polar surface area (TPSA) is 92.3 Å². The fraction of sp³-hybridized carbons (Fsp3) is 0.379. The molecular weight excluding hydrogens is 484 g/mol. The number of ether oxygens (including phenoxy) is 2. The summed E-state index contributed by atoms with van der Waals surface area (Å²) in [6.07, 6.45) is 0.360. The van der Waals surface area contributed by atoms with Crippen LogP contribution >= 0.6 is 0 Å². The molecule has 5 rings (SSSR count). The van der Waals surface area contributed by atoms with Gasteiger partial charge in [-0.25, -0.2) is 9.59 Å². The summed E-state index contributed by atoms with van der Waals surface area (Å²) in [7, 11) is 0. The van der Waals surface area contributed by atoms with Crippen molar-refractivity contribution in [3.05, 3.63) is 77.0 Å². The predicted octanol–water partition coefficient (Wildman–Crippen LogP) is 3.25. The van der Waals surface area contributed by atoms with Gasteiger partial charge in [0, 0.05) is 68.9 Å². The van der Waals surface area contributed by atoms with Crippen molar-refractivity contribution in [3.63, 3.8) is 0 Å². The standard InChI is InChI=1S/C29H32N4O5/c1-2-37-29(36)33-16-14-32(15-17-33)26(34)20-38-28(35)27-22-10-6-7-11-24(22)30-25-12-13-31(19-23(25)27)18-21-8-4-3-5-9-21/h3-11H,2,12-20H2,1H3. The Hall–Kier alpha value is -3.98. The Bertz CT molecular complexity index is 1320. The first-order chi connectivity index (χ1) is 18.5. The van der Waals surface area contributed by atoms with Crippen LogP contribution in [-0.4, -0.2) is 83.6 Å². The Morgan fingerprint density at radius 1 is 0.868 bits per heavy atom. The van der Waals surface area contributed by atoms with Gasteiger partial charge in [-0.15, -0.1) is 0 Å². The molecule has 0 bridgehead atoms. The number of para-hydroxylation sites is 1. The molecule has 0 unspecified atom stereocenters. The van der Waals surface area contributed by atoms with E-state index in [1.54, 1.807) is 16.7 Å². The number of carbonyl (C=O) groups excluding carboxylic acids is 3. The monoisotopic (exact) mass is 516 g/mol. The SMILES string of the molecule is CCOC(=O)N1CCN(C(=O)COC(=O)c2c3c(nc4ccccc24)CCN(Cc2ccccc2)C3)CC1. The van der Waals surface area contributed by atoms with Gasteiger partial charge in [-0.2, -0.15) is 0 Å². The van der Waals surface area contributed by atoms with E-state index in [4.69, 9.17) is 14.5 Å². The molecule has 2 aromatic carbocycles. The van der Waals surface area contributed by atoms with E-state index in [9.17, 15) is 14.4 Å². The van der Waals surface area contributed by atoms with Crippen molar-refractivity contribution in [2.75, 3.05) is 45.9 Å². The summed E-state index contributed by atoms with van der Waals surface area (Å²) < 4.78 is 10.6. The molecule has 1 aromatic heterocycles. The molecule has 0 aliphatic carbocycles. The van der Waals surface area contributed by atoms with Crippen LogP contribution in [0.5, 0.6) is 0 Å². The van der Waals surface area contributed by atoms with Gasteiger partial charge in [0.25, 0.3) is 5.91 Å². The number of rotatable bonds is 6. The van der Waals surface area contributed by atoms with Crippen molar-refractivity contribution in [1.29, 1.82) is 0 Å². The molecule has 1 fully saturated rings. The summed E-state index contributed by atoms with van der Waals surface area (Å²) in [6, 6.07) is 17.8. The maximum absolute atomic E-state index is 13.5. The Balaban J connectivity index is 1.29. The van der Waals surface area contributed by atoms with Crippen molar-refractivity contribution in [2.24, 2.45) is 0 Å². The molecule has 38 heavy (non-hydrogen) atoms. The number of hydrogen-bond donors (Lipinski definition) is 0. The third kappa shape index (κ3) is 5.62. The molecule has 0 spiro atoms. The highest BCUT2D eigenvalue weighted by molar-refractivity contribution is 6.05. The van der Waals surface area contributed by atoms with Crippen LogP contribution in [0.4, 0.5) is 4.79 Å². The molecule has 0 N–H and O–H groups in total. The van der Waals surface area contributed by atoms with E-state index in [-0.39, 0.29) is 18.6 Å². The molecule has 0 radical (unpaired) electrons. The lowest BCUT2D eigenvalue weighted by atomic mass is 9.95. The molecule has 2 aliphatic heterocycles. The lowest BCUT2D eigenvalue weighted by Gasteiger charge is -2.34. The second-order valence-electron chi connectivity index (χ2n) is 9.52. The van der Waals surface area contributed by atoms with Crippen LogP contribution in [0.2, 0.25) is 0 Å². The van der Waals surface area contributed by atoms with Crippen molar-refractivity contribution in [2.45, 2.75) is 26.4 Å². The van der Waals surface area contributed by atoms with Crippen LogP contribution < -0.4 is 0 Å². The van der Waals surface area contributed by atoms with Crippen molar-refractivity contribution >= 4 is 28.9 Å². The Labute approximate surface area is 221 Å². The van der Waals surface area contributed by atoms with Gasteiger partial charge in [0.2, 0.25) is 0 Å². The molecule has 0 saturated carbocycles. The minimum absolute atomic E-state index is 0.278. The van der Waals surface area contributed by atoms with Gasteiger partial charge in [-0.05, 0) is 18.6 Å². The minimum atomic E-state index is -0.514. The number of carbonyl (C=O) groups is 3. The molecule has 198 valence electrons.